The van der Waals surface area contributed by atoms with Crippen molar-refractivity contribution >= 4 is 18.5 Å². The van der Waals surface area contributed by atoms with E-state index >= 15 is 0 Å². The zero-order chi connectivity index (χ0) is 22.9. The molecule has 1 unspecified atom stereocenters. The van der Waals surface area contributed by atoms with E-state index in [2.05, 4.69) is 54.0 Å². The Kier molecular flexibility index (Phi) is 6.50. The fraction of sp³-hybridized carbons (Fsp3) is 0.667. The minimum Gasteiger partial charge on any atom is -0.338 e. The molecule has 4 heterocycles. The summed E-state index contributed by atoms with van der Waals surface area (Å²) in [5.74, 6) is -0.159. The van der Waals surface area contributed by atoms with Crippen LogP contribution in [-0.4, -0.2) is 89.5 Å². The van der Waals surface area contributed by atoms with E-state index in [1.165, 1.54) is 0 Å². The van der Waals surface area contributed by atoms with Crippen LogP contribution in [-0.2, 0) is 4.79 Å². The van der Waals surface area contributed by atoms with Crippen LogP contribution in [0.5, 0.6) is 0 Å². The first-order valence-corrected chi connectivity index (χ1v) is 11.8. The second kappa shape index (κ2) is 9.16. The van der Waals surface area contributed by atoms with E-state index in [1.54, 1.807) is 12.6 Å². The molecule has 4 aliphatic heterocycles. The largest absolute Gasteiger partial charge is 0.338 e. The van der Waals surface area contributed by atoms with Crippen LogP contribution >= 0.6 is 0 Å². The van der Waals surface area contributed by atoms with Crippen molar-refractivity contribution in [2.24, 2.45) is 9.98 Å². The number of nitrogens with one attached hydrogen (secondary N) is 1. The Morgan fingerprint density at radius 2 is 1.88 bits per heavy atom. The molecule has 2 saturated heterocycles. The Morgan fingerprint density at radius 1 is 1.19 bits per heavy atom. The zero-order valence-electron chi connectivity index (χ0n) is 19.7. The molecule has 0 aliphatic carbocycles. The molecule has 3 atom stereocenters. The summed E-state index contributed by atoms with van der Waals surface area (Å²) in [6.45, 7) is 12.3. The topological polar surface area (TPSA) is 87.3 Å². The SMILES string of the molecule is C[C@@H]1CN(C(C)(C)C(=C(C#N)C(=O)N2CCCCC2)N2C=NC3CN=CC=C32)C[C@H](C)N1. The van der Waals surface area contributed by atoms with Crippen molar-refractivity contribution in [3.05, 3.63) is 23.0 Å². The summed E-state index contributed by atoms with van der Waals surface area (Å²) in [7, 11) is 0. The van der Waals surface area contributed by atoms with Crippen LogP contribution in [0.25, 0.3) is 0 Å². The lowest BCUT2D eigenvalue weighted by molar-refractivity contribution is -0.127. The molecule has 0 radical (unpaired) electrons. The number of rotatable bonds is 4. The first-order valence-electron chi connectivity index (χ1n) is 11.8. The number of dihydropyridines is 1. The standard InChI is InChI=1S/C24H35N7O/c1-17-14-30(15-18(2)28-17)24(3,4)22(31-16-27-20-13-26-9-8-21(20)31)19(12-25)23(32)29-10-6-5-7-11-29/h8-9,16-18,20,28H,5-7,10-11,13-15H2,1-4H3/t17-,18+,20?. The summed E-state index contributed by atoms with van der Waals surface area (Å²) in [5, 5.41) is 13.9. The molecule has 0 aromatic rings. The molecule has 0 saturated carbocycles. The minimum atomic E-state index is -0.544. The molecule has 0 aromatic carbocycles. The molecule has 8 heteroatoms. The molecule has 0 bridgehead atoms. The zero-order valence-corrected chi connectivity index (χ0v) is 19.7. The number of likely N-dealkylation sites (tertiary alicyclic amines) is 1. The number of carbonyl (C=O) groups is 1. The van der Waals surface area contributed by atoms with Crippen LogP contribution in [0.2, 0.25) is 0 Å². The van der Waals surface area contributed by atoms with E-state index in [1.807, 2.05) is 15.9 Å². The normalized spacial score (nSPS) is 29.3. The van der Waals surface area contributed by atoms with E-state index < -0.39 is 5.54 Å². The lowest BCUT2D eigenvalue weighted by Gasteiger charge is -2.48. The van der Waals surface area contributed by atoms with Crippen molar-refractivity contribution in [2.45, 2.75) is 70.6 Å². The van der Waals surface area contributed by atoms with Crippen LogP contribution in [0.3, 0.4) is 0 Å². The molecule has 2 fully saturated rings. The fourth-order valence-corrected chi connectivity index (χ4v) is 5.37. The summed E-state index contributed by atoms with van der Waals surface area (Å²) in [4.78, 5) is 28.9. The van der Waals surface area contributed by atoms with E-state index in [4.69, 9.17) is 0 Å². The van der Waals surface area contributed by atoms with Gasteiger partial charge in [-0.15, -0.1) is 0 Å². The smallest absolute Gasteiger partial charge is 0.266 e. The van der Waals surface area contributed by atoms with E-state index in [0.29, 0.717) is 31.7 Å². The van der Waals surface area contributed by atoms with Gasteiger partial charge in [0.15, 0.2) is 0 Å². The van der Waals surface area contributed by atoms with Gasteiger partial charge in [0.2, 0.25) is 0 Å². The molecule has 172 valence electrons. The van der Waals surface area contributed by atoms with Crippen molar-refractivity contribution in [2.75, 3.05) is 32.7 Å². The number of piperidine rings is 1. The van der Waals surface area contributed by atoms with Gasteiger partial charge in [0.05, 0.1) is 29.8 Å². The number of piperazine rings is 1. The monoisotopic (exact) mass is 437 g/mol. The Labute approximate surface area is 191 Å². The second-order valence-electron chi connectivity index (χ2n) is 9.88. The van der Waals surface area contributed by atoms with E-state index in [9.17, 15) is 10.1 Å². The van der Waals surface area contributed by atoms with E-state index in [-0.39, 0.29) is 17.5 Å². The number of fused-ring (bicyclic) bond motifs is 1. The van der Waals surface area contributed by atoms with Gasteiger partial charge in [-0.05, 0) is 53.0 Å². The van der Waals surface area contributed by atoms with Crippen molar-refractivity contribution in [3.63, 3.8) is 0 Å². The van der Waals surface area contributed by atoms with Gasteiger partial charge in [-0.1, -0.05) is 0 Å². The highest BCUT2D eigenvalue weighted by atomic mass is 16.2. The first-order chi connectivity index (χ1) is 15.3. The van der Waals surface area contributed by atoms with Gasteiger partial charge < -0.3 is 15.1 Å². The molecule has 0 aromatic heterocycles. The third-order valence-electron chi connectivity index (χ3n) is 6.98. The molecule has 4 aliphatic rings. The average molecular weight is 438 g/mol. The highest BCUT2D eigenvalue weighted by Gasteiger charge is 2.44. The summed E-state index contributed by atoms with van der Waals surface area (Å²) in [5.41, 5.74) is 1.40. The fourth-order valence-electron chi connectivity index (χ4n) is 5.37. The molecule has 32 heavy (non-hydrogen) atoms. The van der Waals surface area contributed by atoms with Gasteiger partial charge in [-0.25, -0.2) is 0 Å². The number of nitrogens with zero attached hydrogens (tertiary/aromatic N) is 6. The van der Waals surface area contributed by atoms with Crippen LogP contribution in [0.1, 0.15) is 47.0 Å². The number of hydrogen-bond donors (Lipinski definition) is 1. The van der Waals surface area contributed by atoms with E-state index in [0.717, 1.165) is 43.7 Å². The molecule has 1 amide bonds. The van der Waals surface area contributed by atoms with Gasteiger partial charge in [-0.3, -0.25) is 19.7 Å². The van der Waals surface area contributed by atoms with Crippen molar-refractivity contribution in [1.29, 1.82) is 5.26 Å². The maximum Gasteiger partial charge on any atom is 0.266 e. The lowest BCUT2D eigenvalue weighted by Crippen LogP contribution is -2.62. The van der Waals surface area contributed by atoms with Gasteiger partial charge in [0, 0.05) is 44.5 Å². The molecular formula is C24H35N7O. The summed E-state index contributed by atoms with van der Waals surface area (Å²) in [6, 6.07) is 2.91. The Hall–Kier alpha value is -2.50. The number of aliphatic imine (C=N–C) groups is 2. The lowest BCUT2D eigenvalue weighted by atomic mass is 9.89. The minimum absolute atomic E-state index is 0.0586. The highest BCUT2D eigenvalue weighted by Crippen LogP contribution is 2.37. The Morgan fingerprint density at radius 3 is 2.53 bits per heavy atom. The van der Waals surface area contributed by atoms with Gasteiger partial charge >= 0.3 is 0 Å². The second-order valence-corrected chi connectivity index (χ2v) is 9.88. The third kappa shape index (κ3) is 4.24. The number of hydrogen-bond acceptors (Lipinski definition) is 7. The van der Waals surface area contributed by atoms with Crippen molar-refractivity contribution in [1.82, 2.24) is 20.0 Å². The van der Waals surface area contributed by atoms with Gasteiger partial charge in [0.25, 0.3) is 5.91 Å². The van der Waals surface area contributed by atoms with Crippen LogP contribution in [0.15, 0.2) is 33.0 Å². The van der Waals surface area contributed by atoms with Crippen LogP contribution in [0.4, 0.5) is 0 Å². The number of amides is 1. The Bertz CT molecular complexity index is 894. The summed E-state index contributed by atoms with van der Waals surface area (Å²) in [6.07, 6.45) is 8.66. The summed E-state index contributed by atoms with van der Waals surface area (Å²) >= 11 is 0. The maximum atomic E-state index is 13.6. The number of nitriles is 1. The molecule has 1 N–H and O–H groups in total. The highest BCUT2D eigenvalue weighted by molar-refractivity contribution is 5.99. The predicted octanol–water partition coefficient (Wildman–Crippen LogP) is 1.92. The number of carbonyl (C=O) groups excluding carboxylic acids is 1. The number of allylic oxidation sites excluding steroid dienone is 1. The molecule has 8 nitrogen and oxygen atoms in total. The maximum absolute atomic E-state index is 13.6. The van der Waals surface area contributed by atoms with Crippen LogP contribution in [0, 0.1) is 11.3 Å². The molecule has 4 rings (SSSR count). The van der Waals surface area contributed by atoms with Gasteiger partial charge in [0.1, 0.15) is 17.7 Å². The average Bonchev–Trinajstić information content (AvgIpc) is 3.20. The quantitative estimate of drug-likeness (QED) is 0.536. The van der Waals surface area contributed by atoms with Crippen molar-refractivity contribution in [3.8, 4) is 6.07 Å². The van der Waals surface area contributed by atoms with Gasteiger partial charge in [-0.2, -0.15) is 5.26 Å². The van der Waals surface area contributed by atoms with Crippen molar-refractivity contribution < 1.29 is 4.79 Å². The summed E-state index contributed by atoms with van der Waals surface area (Å²) < 4.78 is 0. The first kappa shape index (κ1) is 22.7. The van der Waals surface area contributed by atoms with Crippen LogP contribution < -0.4 is 5.32 Å². The predicted molar refractivity (Wildman–Crippen MR) is 126 cm³/mol. The molecule has 0 spiro atoms. The Balaban J connectivity index is 1.81. The third-order valence-corrected chi connectivity index (χ3v) is 6.98. The molecular weight excluding hydrogens is 402 g/mol.